The van der Waals surface area contributed by atoms with E-state index in [1.165, 1.54) is 0 Å². The van der Waals surface area contributed by atoms with Crippen LogP contribution in [0.3, 0.4) is 0 Å². The molecule has 0 aliphatic carbocycles. The number of allylic oxidation sites excluding steroid dienone is 1. The average molecular weight is 130 g/mol. The summed E-state index contributed by atoms with van der Waals surface area (Å²) < 4.78 is 5.33. The molecule has 8 heavy (non-hydrogen) atoms. The lowest BCUT2D eigenvalue weighted by atomic mass is 10.6. The molecule has 1 nitrogen and oxygen atoms in total. The highest BCUT2D eigenvalue weighted by atomic mass is 28.3. The number of rotatable bonds is 3. The monoisotopic (exact) mass is 130 g/mol. The van der Waals surface area contributed by atoms with Gasteiger partial charge in [-0.15, -0.1) is 0 Å². The van der Waals surface area contributed by atoms with E-state index in [1.807, 2.05) is 19.1 Å². The Morgan fingerprint density at radius 3 is 2.50 bits per heavy atom. The Balaban J connectivity index is 2.93. The molecular formula is C6H14OSi. The maximum absolute atomic E-state index is 5.33. The maximum Gasteiger partial charge on any atom is 0.171 e. The minimum Gasteiger partial charge on any atom is -0.417 e. The van der Waals surface area contributed by atoms with Gasteiger partial charge in [-0.05, 0) is 20.0 Å². The maximum atomic E-state index is 5.33. The highest BCUT2D eigenvalue weighted by molar-refractivity contribution is 6.48. The molecule has 0 atom stereocenters. The van der Waals surface area contributed by atoms with Gasteiger partial charge < -0.3 is 4.43 Å². The Morgan fingerprint density at radius 1 is 1.50 bits per heavy atom. The molecule has 0 N–H and O–H groups in total. The molecular weight excluding hydrogens is 116 g/mol. The van der Waals surface area contributed by atoms with E-state index in [-0.39, 0.29) is 0 Å². The van der Waals surface area contributed by atoms with E-state index < -0.39 is 9.04 Å². The van der Waals surface area contributed by atoms with Gasteiger partial charge in [0.1, 0.15) is 0 Å². The summed E-state index contributed by atoms with van der Waals surface area (Å²) in [6.45, 7) is 7.15. The molecule has 0 saturated heterocycles. The van der Waals surface area contributed by atoms with Gasteiger partial charge in [-0.2, -0.15) is 0 Å². The van der Waals surface area contributed by atoms with Crippen LogP contribution in [0.5, 0.6) is 0 Å². The van der Waals surface area contributed by atoms with Crippen molar-refractivity contribution in [2.75, 3.05) is 6.61 Å². The molecule has 0 amide bonds. The largest absolute Gasteiger partial charge is 0.417 e. The van der Waals surface area contributed by atoms with Crippen LogP contribution in [0.2, 0.25) is 13.1 Å². The van der Waals surface area contributed by atoms with Crippen LogP contribution in [-0.4, -0.2) is 15.6 Å². The molecule has 0 saturated carbocycles. The number of hydrogen-bond acceptors (Lipinski definition) is 1. The van der Waals surface area contributed by atoms with Gasteiger partial charge in [-0.1, -0.05) is 12.2 Å². The first-order valence-corrected chi connectivity index (χ1v) is 5.78. The van der Waals surface area contributed by atoms with E-state index >= 15 is 0 Å². The standard InChI is InChI=1S/C6H14OSi/c1-4-5-6-7-8(2)3/h4-5,8H,6H2,1-3H3. The topological polar surface area (TPSA) is 9.23 Å². The summed E-state index contributed by atoms with van der Waals surface area (Å²) >= 11 is 0. The lowest BCUT2D eigenvalue weighted by Crippen LogP contribution is -2.06. The second kappa shape index (κ2) is 5.06. The van der Waals surface area contributed by atoms with Crippen LogP contribution in [0, 0.1) is 0 Å². The second-order valence-corrected chi connectivity index (χ2v) is 4.38. The molecule has 0 fully saturated rings. The molecule has 0 unspecified atom stereocenters. The normalized spacial score (nSPS) is 11.5. The highest BCUT2D eigenvalue weighted by Crippen LogP contribution is 1.82. The van der Waals surface area contributed by atoms with Gasteiger partial charge in [0.2, 0.25) is 0 Å². The van der Waals surface area contributed by atoms with Gasteiger partial charge >= 0.3 is 0 Å². The first kappa shape index (κ1) is 7.92. The van der Waals surface area contributed by atoms with E-state index in [9.17, 15) is 0 Å². The SMILES string of the molecule is CC=CCO[SiH](C)C. The van der Waals surface area contributed by atoms with E-state index in [0.717, 1.165) is 6.61 Å². The summed E-state index contributed by atoms with van der Waals surface area (Å²) in [5.41, 5.74) is 0. The summed E-state index contributed by atoms with van der Waals surface area (Å²) in [6, 6.07) is 0. The van der Waals surface area contributed by atoms with Crippen LogP contribution >= 0.6 is 0 Å². The van der Waals surface area contributed by atoms with Crippen molar-refractivity contribution in [3.05, 3.63) is 12.2 Å². The van der Waals surface area contributed by atoms with Crippen molar-refractivity contribution in [2.45, 2.75) is 20.0 Å². The smallest absolute Gasteiger partial charge is 0.171 e. The van der Waals surface area contributed by atoms with Gasteiger partial charge in [0.25, 0.3) is 0 Å². The van der Waals surface area contributed by atoms with Crippen molar-refractivity contribution in [3.8, 4) is 0 Å². The fourth-order valence-electron chi connectivity index (χ4n) is 0.344. The lowest BCUT2D eigenvalue weighted by Gasteiger charge is -2.00. The van der Waals surface area contributed by atoms with Crippen molar-refractivity contribution in [1.82, 2.24) is 0 Å². The molecule has 0 bridgehead atoms. The summed E-state index contributed by atoms with van der Waals surface area (Å²) in [5, 5.41) is 0. The van der Waals surface area contributed by atoms with Crippen LogP contribution in [-0.2, 0) is 4.43 Å². The molecule has 0 aromatic carbocycles. The van der Waals surface area contributed by atoms with Gasteiger partial charge in [0.15, 0.2) is 9.04 Å². The highest BCUT2D eigenvalue weighted by Gasteiger charge is 1.89. The van der Waals surface area contributed by atoms with Crippen LogP contribution < -0.4 is 0 Å². The minimum absolute atomic E-state index is 0.753. The van der Waals surface area contributed by atoms with Gasteiger partial charge in [-0.3, -0.25) is 0 Å². The van der Waals surface area contributed by atoms with Crippen molar-refractivity contribution in [2.24, 2.45) is 0 Å². The molecule has 0 aromatic heterocycles. The quantitative estimate of drug-likeness (QED) is 0.416. The van der Waals surface area contributed by atoms with E-state index in [2.05, 4.69) is 13.1 Å². The Labute approximate surface area is 53.1 Å². The van der Waals surface area contributed by atoms with Crippen LogP contribution in [0.1, 0.15) is 6.92 Å². The zero-order valence-electron chi connectivity index (χ0n) is 5.85. The van der Waals surface area contributed by atoms with Gasteiger partial charge in [-0.25, -0.2) is 0 Å². The van der Waals surface area contributed by atoms with Crippen LogP contribution in [0.15, 0.2) is 12.2 Å². The third-order valence-corrected chi connectivity index (χ3v) is 1.62. The molecule has 48 valence electrons. The second-order valence-electron chi connectivity index (χ2n) is 1.95. The molecule has 0 aliphatic rings. The predicted molar refractivity (Wildman–Crippen MR) is 39.6 cm³/mol. The van der Waals surface area contributed by atoms with E-state index in [0.29, 0.717) is 0 Å². The van der Waals surface area contributed by atoms with E-state index in [1.54, 1.807) is 0 Å². The molecule has 0 radical (unpaired) electrons. The van der Waals surface area contributed by atoms with Crippen LogP contribution in [0.4, 0.5) is 0 Å². The molecule has 0 aliphatic heterocycles. The fourth-order valence-corrected chi connectivity index (χ4v) is 0.840. The fraction of sp³-hybridized carbons (Fsp3) is 0.667. The minimum atomic E-state index is -0.753. The summed E-state index contributed by atoms with van der Waals surface area (Å²) in [4.78, 5) is 0. The summed E-state index contributed by atoms with van der Waals surface area (Å²) in [7, 11) is -0.753. The zero-order chi connectivity index (χ0) is 6.41. The number of hydrogen-bond donors (Lipinski definition) is 0. The van der Waals surface area contributed by atoms with Crippen molar-refractivity contribution in [1.29, 1.82) is 0 Å². The molecule has 0 aromatic rings. The van der Waals surface area contributed by atoms with Crippen molar-refractivity contribution < 1.29 is 4.43 Å². The predicted octanol–water partition coefficient (Wildman–Crippen LogP) is 1.56. The Bertz CT molecular complexity index is 68.9. The first-order chi connectivity index (χ1) is 3.77. The molecule has 2 heteroatoms. The molecule has 0 spiro atoms. The molecule has 0 rings (SSSR count). The van der Waals surface area contributed by atoms with Crippen LogP contribution in [0.25, 0.3) is 0 Å². The summed E-state index contributed by atoms with van der Waals surface area (Å²) in [6.07, 6.45) is 4.05. The molecule has 0 heterocycles. The Morgan fingerprint density at radius 2 is 2.12 bits per heavy atom. The average Bonchev–Trinajstić information content (AvgIpc) is 1.66. The third kappa shape index (κ3) is 5.92. The lowest BCUT2D eigenvalue weighted by molar-refractivity contribution is 0.374. The summed E-state index contributed by atoms with van der Waals surface area (Å²) in [5.74, 6) is 0. The van der Waals surface area contributed by atoms with Gasteiger partial charge in [0.05, 0.1) is 6.61 Å². The van der Waals surface area contributed by atoms with Crippen molar-refractivity contribution in [3.63, 3.8) is 0 Å². The van der Waals surface area contributed by atoms with Crippen molar-refractivity contribution >= 4 is 9.04 Å². The van der Waals surface area contributed by atoms with Gasteiger partial charge in [0, 0.05) is 0 Å². The first-order valence-electron chi connectivity index (χ1n) is 3.00. The Hall–Kier alpha value is -0.0831. The Kier molecular flexibility index (Phi) is 5.01. The third-order valence-electron chi connectivity index (χ3n) is 0.761. The zero-order valence-corrected chi connectivity index (χ0v) is 7.00. The van der Waals surface area contributed by atoms with E-state index in [4.69, 9.17) is 4.43 Å².